The Morgan fingerprint density at radius 2 is 2.50 bits per heavy atom. The van der Waals surface area contributed by atoms with E-state index in [1.165, 1.54) is 0 Å². The van der Waals surface area contributed by atoms with E-state index in [1.54, 1.807) is 12.2 Å². The molecule has 0 fully saturated rings. The van der Waals surface area contributed by atoms with Gasteiger partial charge in [-0.2, -0.15) is 0 Å². The lowest BCUT2D eigenvalue weighted by molar-refractivity contribution is -0.120. The van der Waals surface area contributed by atoms with Gasteiger partial charge in [-0.25, -0.2) is 5.84 Å². The van der Waals surface area contributed by atoms with Crippen molar-refractivity contribution >= 4 is 5.91 Å². The van der Waals surface area contributed by atoms with Gasteiger partial charge in [0.15, 0.2) is 0 Å². The molecule has 0 bridgehead atoms. The third-order valence-electron chi connectivity index (χ3n) is 0.700. The molecule has 0 aromatic rings. The summed E-state index contributed by atoms with van der Waals surface area (Å²) in [4.78, 5) is 10.3. The van der Waals surface area contributed by atoms with Crippen LogP contribution in [0.3, 0.4) is 0 Å². The molecule has 3 heteroatoms. The molecule has 0 rings (SSSR count). The standard InChI is InChI=1S/C5H10N2O/c1-2-3-4-5(8)7-6/h2-3H,4,6H2,1H3,(H,7,8)/b3-2+. The average Bonchev–Trinajstić information content (AvgIpc) is 1.83. The molecule has 46 valence electrons. The van der Waals surface area contributed by atoms with Gasteiger partial charge in [-0.05, 0) is 6.92 Å². The van der Waals surface area contributed by atoms with Crippen LogP contribution in [0.4, 0.5) is 0 Å². The molecule has 0 aliphatic carbocycles. The SMILES string of the molecule is C/C=C/CC(=O)NN. The quantitative estimate of drug-likeness (QED) is 0.229. The molecule has 0 radical (unpaired) electrons. The van der Waals surface area contributed by atoms with Crippen molar-refractivity contribution in [1.82, 2.24) is 5.43 Å². The highest BCUT2D eigenvalue weighted by Crippen LogP contribution is 1.78. The van der Waals surface area contributed by atoms with Gasteiger partial charge in [0.25, 0.3) is 0 Å². The van der Waals surface area contributed by atoms with Crippen molar-refractivity contribution in [2.45, 2.75) is 13.3 Å². The lowest BCUT2D eigenvalue weighted by atomic mass is 10.4. The van der Waals surface area contributed by atoms with Gasteiger partial charge in [0.1, 0.15) is 0 Å². The molecule has 0 aromatic heterocycles. The maximum absolute atomic E-state index is 10.3. The number of amides is 1. The summed E-state index contributed by atoms with van der Waals surface area (Å²) >= 11 is 0. The molecule has 0 aliphatic rings. The second kappa shape index (κ2) is 4.33. The van der Waals surface area contributed by atoms with E-state index in [4.69, 9.17) is 5.84 Å². The molecule has 0 unspecified atom stereocenters. The number of hydrogen-bond acceptors (Lipinski definition) is 2. The van der Waals surface area contributed by atoms with Gasteiger partial charge in [0, 0.05) is 6.42 Å². The highest BCUT2D eigenvalue weighted by Gasteiger charge is 1.88. The van der Waals surface area contributed by atoms with Crippen LogP contribution in [0.5, 0.6) is 0 Å². The molecule has 0 spiro atoms. The van der Waals surface area contributed by atoms with Crippen molar-refractivity contribution in [3.05, 3.63) is 12.2 Å². The average molecular weight is 114 g/mol. The third kappa shape index (κ3) is 3.36. The first kappa shape index (κ1) is 7.17. The molecular weight excluding hydrogens is 104 g/mol. The molecule has 1 amide bonds. The van der Waals surface area contributed by atoms with Crippen molar-refractivity contribution < 1.29 is 4.79 Å². The van der Waals surface area contributed by atoms with Crippen molar-refractivity contribution in [2.24, 2.45) is 5.84 Å². The van der Waals surface area contributed by atoms with E-state index in [0.29, 0.717) is 6.42 Å². The van der Waals surface area contributed by atoms with E-state index < -0.39 is 0 Å². The second-order valence-electron chi connectivity index (χ2n) is 1.34. The number of nitrogens with two attached hydrogens (primary N) is 1. The first-order valence-corrected chi connectivity index (χ1v) is 2.42. The summed E-state index contributed by atoms with van der Waals surface area (Å²) in [6.45, 7) is 1.85. The minimum Gasteiger partial charge on any atom is -0.294 e. The Labute approximate surface area is 48.5 Å². The van der Waals surface area contributed by atoms with Gasteiger partial charge < -0.3 is 0 Å². The Morgan fingerprint density at radius 3 is 2.88 bits per heavy atom. The predicted octanol–water partition coefficient (Wildman–Crippen LogP) is -0.0575. The van der Waals surface area contributed by atoms with Crippen molar-refractivity contribution in [3.8, 4) is 0 Å². The van der Waals surface area contributed by atoms with E-state index in [9.17, 15) is 4.79 Å². The minimum atomic E-state index is -0.164. The van der Waals surface area contributed by atoms with E-state index in [-0.39, 0.29) is 5.91 Å². The zero-order chi connectivity index (χ0) is 6.41. The largest absolute Gasteiger partial charge is 0.294 e. The third-order valence-corrected chi connectivity index (χ3v) is 0.700. The Kier molecular flexibility index (Phi) is 3.88. The Bertz CT molecular complexity index is 98.6. The summed E-state index contributed by atoms with van der Waals surface area (Å²) < 4.78 is 0. The summed E-state index contributed by atoms with van der Waals surface area (Å²) in [6, 6.07) is 0. The number of carbonyl (C=O) groups excluding carboxylic acids is 1. The molecule has 0 atom stereocenters. The topological polar surface area (TPSA) is 55.1 Å². The van der Waals surface area contributed by atoms with Crippen LogP contribution in [0.2, 0.25) is 0 Å². The number of hydrogen-bond donors (Lipinski definition) is 2. The molecule has 0 aromatic carbocycles. The number of nitrogens with one attached hydrogen (secondary N) is 1. The van der Waals surface area contributed by atoms with Crippen molar-refractivity contribution in [3.63, 3.8) is 0 Å². The van der Waals surface area contributed by atoms with Gasteiger partial charge in [-0.1, -0.05) is 12.2 Å². The maximum Gasteiger partial charge on any atom is 0.237 e. The maximum atomic E-state index is 10.3. The van der Waals surface area contributed by atoms with Crippen LogP contribution in [0.25, 0.3) is 0 Å². The normalized spacial score (nSPS) is 9.75. The minimum absolute atomic E-state index is 0.164. The Hall–Kier alpha value is -0.830. The van der Waals surface area contributed by atoms with Crippen LogP contribution >= 0.6 is 0 Å². The molecule has 0 aliphatic heterocycles. The molecule has 0 saturated heterocycles. The summed E-state index contributed by atoms with van der Waals surface area (Å²) in [5, 5.41) is 0. The lowest BCUT2D eigenvalue weighted by Crippen LogP contribution is -2.29. The number of allylic oxidation sites excluding steroid dienone is 1. The highest BCUT2D eigenvalue weighted by molar-refractivity contribution is 5.76. The number of carbonyl (C=O) groups is 1. The fourth-order valence-electron chi connectivity index (χ4n) is 0.284. The molecule has 0 heterocycles. The summed E-state index contributed by atoms with van der Waals surface area (Å²) in [5.41, 5.74) is 2.01. The highest BCUT2D eigenvalue weighted by atomic mass is 16.2. The molecule has 3 nitrogen and oxygen atoms in total. The Morgan fingerprint density at radius 1 is 1.88 bits per heavy atom. The van der Waals surface area contributed by atoms with E-state index in [2.05, 4.69) is 0 Å². The zero-order valence-electron chi connectivity index (χ0n) is 4.85. The first-order chi connectivity index (χ1) is 3.81. The van der Waals surface area contributed by atoms with E-state index in [0.717, 1.165) is 0 Å². The van der Waals surface area contributed by atoms with Crippen LogP contribution < -0.4 is 11.3 Å². The molecule has 0 saturated carbocycles. The van der Waals surface area contributed by atoms with E-state index >= 15 is 0 Å². The van der Waals surface area contributed by atoms with Gasteiger partial charge in [0.2, 0.25) is 5.91 Å². The predicted molar refractivity (Wildman–Crippen MR) is 31.8 cm³/mol. The van der Waals surface area contributed by atoms with Crippen LogP contribution in [0.15, 0.2) is 12.2 Å². The molecule has 8 heavy (non-hydrogen) atoms. The molecule has 3 N–H and O–H groups in total. The fraction of sp³-hybridized carbons (Fsp3) is 0.400. The fourth-order valence-corrected chi connectivity index (χ4v) is 0.284. The zero-order valence-corrected chi connectivity index (χ0v) is 4.85. The second-order valence-corrected chi connectivity index (χ2v) is 1.34. The van der Waals surface area contributed by atoms with Gasteiger partial charge in [0.05, 0.1) is 0 Å². The lowest BCUT2D eigenvalue weighted by Gasteiger charge is -1.89. The van der Waals surface area contributed by atoms with E-state index in [1.807, 2.05) is 12.3 Å². The number of rotatable bonds is 2. The summed E-state index contributed by atoms with van der Waals surface area (Å²) in [5.74, 6) is 4.62. The van der Waals surface area contributed by atoms with Gasteiger partial charge in [-0.3, -0.25) is 10.2 Å². The van der Waals surface area contributed by atoms with Gasteiger partial charge in [-0.15, -0.1) is 0 Å². The van der Waals surface area contributed by atoms with Crippen LogP contribution in [-0.2, 0) is 4.79 Å². The number of hydrazine groups is 1. The summed E-state index contributed by atoms with van der Waals surface area (Å²) in [7, 11) is 0. The first-order valence-electron chi connectivity index (χ1n) is 2.42. The summed E-state index contributed by atoms with van der Waals surface area (Å²) in [6.07, 6.45) is 3.91. The van der Waals surface area contributed by atoms with Crippen LogP contribution in [-0.4, -0.2) is 5.91 Å². The van der Waals surface area contributed by atoms with Crippen molar-refractivity contribution in [1.29, 1.82) is 0 Å². The monoisotopic (exact) mass is 114 g/mol. The van der Waals surface area contributed by atoms with Crippen LogP contribution in [0, 0.1) is 0 Å². The smallest absolute Gasteiger partial charge is 0.237 e. The molecular formula is C5H10N2O. The Balaban J connectivity index is 3.25. The van der Waals surface area contributed by atoms with Crippen LogP contribution in [0.1, 0.15) is 13.3 Å². The van der Waals surface area contributed by atoms with Gasteiger partial charge >= 0.3 is 0 Å². The van der Waals surface area contributed by atoms with Crippen molar-refractivity contribution in [2.75, 3.05) is 0 Å².